The van der Waals surface area contributed by atoms with Gasteiger partial charge in [0.25, 0.3) is 5.91 Å². The van der Waals surface area contributed by atoms with Crippen LogP contribution in [-0.2, 0) is 4.79 Å². The molecule has 1 heterocycles. The first-order valence-electron chi connectivity index (χ1n) is 6.63. The highest BCUT2D eigenvalue weighted by molar-refractivity contribution is 8.26. The molecule has 1 amide bonds. The van der Waals surface area contributed by atoms with Crippen LogP contribution in [0.2, 0.25) is 19.6 Å². The normalized spacial score (nSPS) is 16.7. The maximum atomic E-state index is 11.7. The number of carbonyl (C=O) groups excluding carboxylic acids is 1. The van der Waals surface area contributed by atoms with Gasteiger partial charge in [0.15, 0.2) is 0 Å². The lowest BCUT2D eigenvalue weighted by atomic mass is 10.1. The molecule has 1 saturated heterocycles. The van der Waals surface area contributed by atoms with Crippen molar-refractivity contribution >= 4 is 48.4 Å². The van der Waals surface area contributed by atoms with Gasteiger partial charge < -0.3 is 5.32 Å². The average Bonchev–Trinajstić information content (AvgIpc) is 2.67. The summed E-state index contributed by atoms with van der Waals surface area (Å²) in [6.45, 7) is 8.72. The lowest BCUT2D eigenvalue weighted by molar-refractivity contribution is -0.115. The van der Waals surface area contributed by atoms with Crippen molar-refractivity contribution in [3.05, 3.63) is 39.8 Å². The maximum absolute atomic E-state index is 11.7. The zero-order chi connectivity index (χ0) is 15.6. The van der Waals surface area contributed by atoms with Crippen molar-refractivity contribution in [2.45, 2.75) is 26.6 Å². The van der Waals surface area contributed by atoms with E-state index in [1.54, 1.807) is 0 Å². The lowest BCUT2D eigenvalue weighted by Gasteiger charge is -2.05. The maximum Gasteiger partial charge on any atom is 0.263 e. The minimum absolute atomic E-state index is 0.125. The fourth-order valence-corrected chi connectivity index (χ4v) is 3.25. The van der Waals surface area contributed by atoms with Gasteiger partial charge in [-0.3, -0.25) is 4.79 Å². The Morgan fingerprint density at radius 2 is 2.05 bits per heavy atom. The summed E-state index contributed by atoms with van der Waals surface area (Å²) in [5.74, 6) is 3.16. The summed E-state index contributed by atoms with van der Waals surface area (Å²) in [6, 6.07) is 6.07. The van der Waals surface area contributed by atoms with Crippen LogP contribution in [0.1, 0.15) is 16.7 Å². The SMILES string of the molecule is Cc1ccc(/C=C2\SC(=S)NC2=O)cc1C#C[Si](C)(C)C. The first kappa shape index (κ1) is 16.0. The Morgan fingerprint density at radius 1 is 1.33 bits per heavy atom. The smallest absolute Gasteiger partial charge is 0.263 e. The van der Waals surface area contributed by atoms with E-state index < -0.39 is 8.07 Å². The Kier molecular flexibility index (Phi) is 4.72. The predicted molar refractivity (Wildman–Crippen MR) is 97.7 cm³/mol. The van der Waals surface area contributed by atoms with Gasteiger partial charge in [-0.1, -0.05) is 61.7 Å². The molecule has 0 aliphatic carbocycles. The highest BCUT2D eigenvalue weighted by Gasteiger charge is 2.21. The topological polar surface area (TPSA) is 29.1 Å². The van der Waals surface area contributed by atoms with E-state index in [2.05, 4.69) is 43.3 Å². The number of thiocarbonyl (C=S) groups is 1. The summed E-state index contributed by atoms with van der Waals surface area (Å²) in [7, 11) is -1.40. The monoisotopic (exact) mass is 331 g/mol. The molecule has 1 aliphatic rings. The molecule has 0 saturated carbocycles. The summed E-state index contributed by atoms with van der Waals surface area (Å²) in [4.78, 5) is 12.3. The summed E-state index contributed by atoms with van der Waals surface area (Å²) in [5.41, 5.74) is 6.53. The highest BCUT2D eigenvalue weighted by atomic mass is 32.2. The zero-order valence-corrected chi connectivity index (χ0v) is 15.2. The van der Waals surface area contributed by atoms with Crippen LogP contribution in [0, 0.1) is 18.4 Å². The molecular weight excluding hydrogens is 314 g/mol. The number of carbonyl (C=O) groups is 1. The quantitative estimate of drug-likeness (QED) is 0.368. The summed E-state index contributed by atoms with van der Waals surface area (Å²) in [6.07, 6.45) is 1.86. The number of rotatable bonds is 1. The van der Waals surface area contributed by atoms with Gasteiger partial charge in [0, 0.05) is 5.56 Å². The van der Waals surface area contributed by atoms with E-state index in [4.69, 9.17) is 12.2 Å². The Labute approximate surface area is 136 Å². The van der Waals surface area contributed by atoms with E-state index in [9.17, 15) is 4.79 Å². The van der Waals surface area contributed by atoms with Gasteiger partial charge in [0.1, 0.15) is 12.4 Å². The molecule has 108 valence electrons. The molecule has 0 aromatic heterocycles. The molecule has 0 spiro atoms. The predicted octanol–water partition coefficient (Wildman–Crippen LogP) is 3.71. The molecule has 2 rings (SSSR count). The fourth-order valence-electron chi connectivity index (χ4n) is 1.69. The van der Waals surface area contributed by atoms with Gasteiger partial charge in [-0.05, 0) is 30.2 Å². The van der Waals surface area contributed by atoms with E-state index in [1.165, 1.54) is 11.8 Å². The summed E-state index contributed by atoms with van der Waals surface area (Å²) in [5, 5.41) is 2.62. The van der Waals surface area contributed by atoms with Crippen LogP contribution in [-0.4, -0.2) is 18.3 Å². The average molecular weight is 332 g/mol. The molecule has 0 radical (unpaired) electrons. The molecule has 1 N–H and O–H groups in total. The Bertz CT molecular complexity index is 705. The molecule has 1 fully saturated rings. The summed E-state index contributed by atoms with van der Waals surface area (Å²) < 4.78 is 0.511. The number of aryl methyl sites for hydroxylation is 1. The third-order valence-electron chi connectivity index (χ3n) is 2.77. The van der Waals surface area contributed by atoms with Gasteiger partial charge in [0.05, 0.1) is 4.91 Å². The minimum atomic E-state index is -1.40. The fraction of sp³-hybridized carbons (Fsp3) is 0.250. The van der Waals surface area contributed by atoms with Crippen molar-refractivity contribution in [1.29, 1.82) is 0 Å². The molecule has 0 bridgehead atoms. The van der Waals surface area contributed by atoms with Gasteiger partial charge in [-0.15, -0.1) is 5.54 Å². The van der Waals surface area contributed by atoms with E-state index in [-0.39, 0.29) is 5.91 Å². The van der Waals surface area contributed by atoms with Crippen LogP contribution in [0.3, 0.4) is 0 Å². The van der Waals surface area contributed by atoms with Crippen molar-refractivity contribution in [2.24, 2.45) is 0 Å². The van der Waals surface area contributed by atoms with E-state index >= 15 is 0 Å². The van der Waals surface area contributed by atoms with Crippen LogP contribution in [0.5, 0.6) is 0 Å². The molecule has 0 atom stereocenters. The Morgan fingerprint density at radius 3 is 2.62 bits per heavy atom. The summed E-state index contributed by atoms with van der Waals surface area (Å²) >= 11 is 6.29. The van der Waals surface area contributed by atoms with Crippen molar-refractivity contribution in [3.8, 4) is 11.5 Å². The van der Waals surface area contributed by atoms with Crippen LogP contribution >= 0.6 is 24.0 Å². The van der Waals surface area contributed by atoms with Crippen LogP contribution in [0.4, 0.5) is 0 Å². The first-order valence-corrected chi connectivity index (χ1v) is 11.4. The van der Waals surface area contributed by atoms with Crippen molar-refractivity contribution in [3.63, 3.8) is 0 Å². The molecule has 21 heavy (non-hydrogen) atoms. The molecular formula is C16H17NOS2Si. The van der Waals surface area contributed by atoms with Gasteiger partial charge in [-0.25, -0.2) is 0 Å². The van der Waals surface area contributed by atoms with Gasteiger partial charge in [0.2, 0.25) is 0 Å². The molecule has 5 heteroatoms. The van der Waals surface area contributed by atoms with Crippen molar-refractivity contribution in [2.75, 3.05) is 0 Å². The number of hydrogen-bond donors (Lipinski definition) is 1. The van der Waals surface area contributed by atoms with Crippen LogP contribution in [0.15, 0.2) is 23.1 Å². The van der Waals surface area contributed by atoms with E-state index in [1.807, 2.05) is 24.3 Å². The molecule has 0 unspecified atom stereocenters. The Hall–Kier alpha value is -1.35. The number of amides is 1. The highest BCUT2D eigenvalue weighted by Crippen LogP contribution is 2.26. The second-order valence-electron chi connectivity index (χ2n) is 5.93. The van der Waals surface area contributed by atoms with E-state index in [0.717, 1.165) is 16.7 Å². The number of hydrogen-bond acceptors (Lipinski definition) is 3. The molecule has 1 aliphatic heterocycles. The Balaban J connectivity index is 2.35. The van der Waals surface area contributed by atoms with Crippen LogP contribution < -0.4 is 5.32 Å². The number of benzene rings is 1. The molecule has 1 aromatic carbocycles. The largest absolute Gasteiger partial charge is 0.307 e. The number of nitrogens with one attached hydrogen (secondary N) is 1. The lowest BCUT2D eigenvalue weighted by Crippen LogP contribution is -2.17. The molecule has 1 aromatic rings. The van der Waals surface area contributed by atoms with Gasteiger partial charge in [-0.2, -0.15) is 0 Å². The molecule has 2 nitrogen and oxygen atoms in total. The standard InChI is InChI=1S/C16H17NOS2Si/c1-11-5-6-12(9-13(11)7-8-21(2,3)4)10-14-15(18)17-16(19)20-14/h5-6,9-10H,1-4H3,(H,17,18,19)/b14-10-. The third-order valence-corrected chi connectivity index (χ3v) is 4.81. The first-order chi connectivity index (χ1) is 9.74. The van der Waals surface area contributed by atoms with Crippen molar-refractivity contribution in [1.82, 2.24) is 5.32 Å². The van der Waals surface area contributed by atoms with Crippen LogP contribution in [0.25, 0.3) is 6.08 Å². The van der Waals surface area contributed by atoms with Gasteiger partial charge >= 0.3 is 0 Å². The third kappa shape index (κ3) is 4.56. The second kappa shape index (κ2) is 6.18. The number of thioether (sulfide) groups is 1. The second-order valence-corrected chi connectivity index (χ2v) is 12.4. The zero-order valence-electron chi connectivity index (χ0n) is 12.5. The minimum Gasteiger partial charge on any atom is -0.307 e. The van der Waals surface area contributed by atoms with Crippen molar-refractivity contribution < 1.29 is 4.79 Å². The van der Waals surface area contributed by atoms with E-state index in [0.29, 0.717) is 9.23 Å².